The van der Waals surface area contributed by atoms with E-state index in [1.807, 2.05) is 85.1 Å². The van der Waals surface area contributed by atoms with Gasteiger partial charge in [-0.05, 0) is 65.6 Å². The number of hydrogen-bond acceptors (Lipinski definition) is 7. The molecule has 0 N–H and O–H groups in total. The number of nitrogens with zero attached hydrogens (tertiary/aromatic N) is 7. The van der Waals surface area contributed by atoms with Crippen LogP contribution in [-0.4, -0.2) is 31.2 Å². The lowest BCUT2D eigenvalue weighted by atomic mass is 9.88. The minimum atomic E-state index is -0.00976. The van der Waals surface area contributed by atoms with Gasteiger partial charge in [0.25, 0.3) is 0 Å². The minimum absolute atomic E-state index is 0.00976. The van der Waals surface area contributed by atoms with E-state index >= 15 is 0 Å². The zero-order chi connectivity index (χ0) is 38.5. The summed E-state index contributed by atoms with van der Waals surface area (Å²) in [7, 11) is 0. The third kappa shape index (κ3) is 6.31. The molecule has 57 heavy (non-hydrogen) atoms. The van der Waals surface area contributed by atoms with E-state index in [0.29, 0.717) is 24.3 Å². The molecule has 0 saturated carbocycles. The van der Waals surface area contributed by atoms with Crippen molar-refractivity contribution in [2.24, 2.45) is 0 Å². The fraction of sp³-hybridized carbons (Fsp3) is 0.102. The molecule has 8 heteroatoms. The molecule has 0 saturated heterocycles. The van der Waals surface area contributed by atoms with E-state index in [-0.39, 0.29) is 5.41 Å². The molecule has 9 aromatic rings. The van der Waals surface area contributed by atoms with E-state index in [2.05, 4.69) is 120 Å². The van der Waals surface area contributed by atoms with Gasteiger partial charge >= 0.3 is 0 Å². The largest absolute Gasteiger partial charge is 0.457 e. The van der Waals surface area contributed by atoms with Gasteiger partial charge < -0.3 is 9.64 Å². The average molecular weight is 742 g/mol. The van der Waals surface area contributed by atoms with Crippen LogP contribution in [0.3, 0.4) is 0 Å². The Bertz CT molecular complexity index is 2860. The van der Waals surface area contributed by atoms with Crippen LogP contribution in [0.15, 0.2) is 170 Å². The lowest BCUT2D eigenvalue weighted by Crippen LogP contribution is -2.25. The number of anilines is 4. The Hall–Kier alpha value is -7.32. The first kappa shape index (κ1) is 34.2. The molecule has 3 aromatic heterocycles. The quantitative estimate of drug-likeness (QED) is 0.161. The maximum atomic E-state index is 6.67. The second-order valence-electron chi connectivity index (χ2n) is 15.3. The van der Waals surface area contributed by atoms with Crippen molar-refractivity contribution in [3.8, 4) is 40.1 Å². The predicted octanol–water partition coefficient (Wildman–Crippen LogP) is 12.0. The molecule has 1 aliphatic heterocycles. The number of benzene rings is 6. The molecule has 0 spiro atoms. The minimum Gasteiger partial charge on any atom is -0.457 e. The highest BCUT2D eigenvalue weighted by molar-refractivity contribution is 6.09. The van der Waals surface area contributed by atoms with Crippen LogP contribution in [0.5, 0.6) is 11.5 Å². The van der Waals surface area contributed by atoms with Gasteiger partial charge in [0.2, 0.25) is 5.95 Å². The van der Waals surface area contributed by atoms with Crippen molar-refractivity contribution in [3.05, 3.63) is 176 Å². The van der Waals surface area contributed by atoms with Crippen molar-refractivity contribution in [3.63, 3.8) is 0 Å². The summed E-state index contributed by atoms with van der Waals surface area (Å²) in [5.74, 6) is 4.19. The summed E-state index contributed by atoms with van der Waals surface area (Å²) in [6.07, 6.45) is 1.91. The summed E-state index contributed by atoms with van der Waals surface area (Å²) in [5, 5.41) is 2.32. The number of fused-ring (bicyclic) bond motifs is 4. The van der Waals surface area contributed by atoms with Crippen LogP contribution in [-0.2, 0) is 5.41 Å². The summed E-state index contributed by atoms with van der Waals surface area (Å²) >= 11 is 0. The standard InChI is InChI=1S/C49H39N7O/c1-49(2,3)35-27-28-50-45(29-35)56-41-22-11-10-21-39(41)40-26-25-38(31-44(40)56)57-37-20-14-19-36(30-37)54-32-55(43-24-13-12-23-42(43)54)48-52-46(33-15-6-4-7-16-33)51-47(53-48)34-17-8-5-9-18-34/h4-31H,32H2,1-3H3. The van der Waals surface area contributed by atoms with Gasteiger partial charge in [0.05, 0.1) is 22.4 Å². The van der Waals surface area contributed by atoms with E-state index in [0.717, 1.165) is 61.9 Å². The van der Waals surface area contributed by atoms with Crippen molar-refractivity contribution in [1.82, 2.24) is 24.5 Å². The highest BCUT2D eigenvalue weighted by Crippen LogP contribution is 2.45. The van der Waals surface area contributed by atoms with Crippen LogP contribution in [0.4, 0.5) is 23.0 Å². The lowest BCUT2D eigenvalue weighted by molar-refractivity contribution is 0.483. The Labute approximate surface area is 331 Å². The van der Waals surface area contributed by atoms with Crippen LogP contribution >= 0.6 is 0 Å². The summed E-state index contributed by atoms with van der Waals surface area (Å²) in [5.41, 5.74) is 8.27. The number of aromatic nitrogens is 5. The highest BCUT2D eigenvalue weighted by Gasteiger charge is 2.30. The molecule has 0 fully saturated rings. The molecule has 10 rings (SSSR count). The number of pyridine rings is 1. The molecule has 0 atom stereocenters. The van der Waals surface area contributed by atoms with Crippen LogP contribution in [0, 0.1) is 0 Å². The van der Waals surface area contributed by atoms with Crippen LogP contribution < -0.4 is 14.5 Å². The molecule has 0 radical (unpaired) electrons. The van der Waals surface area contributed by atoms with Gasteiger partial charge in [0, 0.05) is 45.9 Å². The van der Waals surface area contributed by atoms with Gasteiger partial charge in [0.1, 0.15) is 24.0 Å². The summed E-state index contributed by atoms with van der Waals surface area (Å²) in [6.45, 7) is 7.19. The predicted molar refractivity (Wildman–Crippen MR) is 230 cm³/mol. The normalized spacial score (nSPS) is 12.7. The first-order chi connectivity index (χ1) is 27.9. The van der Waals surface area contributed by atoms with E-state index in [1.54, 1.807) is 0 Å². The number of rotatable bonds is 7. The maximum absolute atomic E-state index is 6.67. The number of ether oxygens (including phenoxy) is 1. The molecule has 4 heterocycles. The SMILES string of the molecule is CC(C)(C)c1ccnc(-n2c3ccccc3c3ccc(Oc4cccc(N5CN(c6nc(-c7ccccc7)nc(-c7ccccc7)n6)c6ccccc65)c4)cc32)c1. The smallest absolute Gasteiger partial charge is 0.235 e. The summed E-state index contributed by atoms with van der Waals surface area (Å²) in [6, 6.07) is 55.9. The third-order valence-electron chi connectivity index (χ3n) is 10.5. The molecular formula is C49H39N7O. The van der Waals surface area contributed by atoms with E-state index in [1.165, 1.54) is 10.9 Å². The first-order valence-corrected chi connectivity index (χ1v) is 19.2. The number of para-hydroxylation sites is 3. The number of hydrogen-bond donors (Lipinski definition) is 0. The monoisotopic (exact) mass is 741 g/mol. The molecule has 1 aliphatic rings. The molecule has 276 valence electrons. The van der Waals surface area contributed by atoms with E-state index < -0.39 is 0 Å². The van der Waals surface area contributed by atoms with E-state index in [4.69, 9.17) is 24.7 Å². The van der Waals surface area contributed by atoms with Crippen LogP contribution in [0.1, 0.15) is 26.3 Å². The Morgan fingerprint density at radius 2 is 1.16 bits per heavy atom. The molecule has 0 amide bonds. The van der Waals surface area contributed by atoms with Crippen molar-refractivity contribution in [2.75, 3.05) is 16.5 Å². The Morgan fingerprint density at radius 3 is 1.88 bits per heavy atom. The van der Waals surface area contributed by atoms with Gasteiger partial charge in [-0.1, -0.05) is 118 Å². The lowest BCUT2D eigenvalue weighted by Gasteiger charge is -2.22. The van der Waals surface area contributed by atoms with Crippen molar-refractivity contribution in [2.45, 2.75) is 26.2 Å². The highest BCUT2D eigenvalue weighted by atomic mass is 16.5. The molecule has 6 aromatic carbocycles. The van der Waals surface area contributed by atoms with Gasteiger partial charge in [0.15, 0.2) is 11.6 Å². The topological polar surface area (TPSA) is 72.2 Å². The zero-order valence-corrected chi connectivity index (χ0v) is 31.9. The van der Waals surface area contributed by atoms with Crippen molar-refractivity contribution in [1.29, 1.82) is 0 Å². The van der Waals surface area contributed by atoms with Crippen molar-refractivity contribution < 1.29 is 4.74 Å². The summed E-state index contributed by atoms with van der Waals surface area (Å²) in [4.78, 5) is 24.3. The third-order valence-corrected chi connectivity index (χ3v) is 10.5. The van der Waals surface area contributed by atoms with Gasteiger partial charge in [-0.15, -0.1) is 0 Å². The average Bonchev–Trinajstić information content (AvgIpc) is 3.80. The second-order valence-corrected chi connectivity index (χ2v) is 15.3. The fourth-order valence-electron chi connectivity index (χ4n) is 7.64. The fourth-order valence-corrected chi connectivity index (χ4v) is 7.64. The Balaban J connectivity index is 1.01. The van der Waals surface area contributed by atoms with Gasteiger partial charge in [-0.25, -0.2) is 9.97 Å². The molecule has 0 bridgehead atoms. The zero-order valence-electron chi connectivity index (χ0n) is 31.9. The summed E-state index contributed by atoms with van der Waals surface area (Å²) < 4.78 is 8.92. The molecule has 8 nitrogen and oxygen atoms in total. The molecule has 0 unspecified atom stereocenters. The Kier molecular flexibility index (Phi) is 8.25. The first-order valence-electron chi connectivity index (χ1n) is 19.2. The Morgan fingerprint density at radius 1 is 0.526 bits per heavy atom. The maximum Gasteiger partial charge on any atom is 0.235 e. The van der Waals surface area contributed by atoms with Gasteiger partial charge in [-0.3, -0.25) is 9.47 Å². The van der Waals surface area contributed by atoms with E-state index in [9.17, 15) is 0 Å². The molecular weight excluding hydrogens is 703 g/mol. The van der Waals surface area contributed by atoms with Crippen LogP contribution in [0.25, 0.3) is 50.4 Å². The second kappa shape index (κ2) is 13.8. The molecule has 0 aliphatic carbocycles. The van der Waals surface area contributed by atoms with Crippen molar-refractivity contribution >= 4 is 44.8 Å². The van der Waals surface area contributed by atoms with Crippen LogP contribution in [0.2, 0.25) is 0 Å². The van der Waals surface area contributed by atoms with Gasteiger partial charge in [-0.2, -0.15) is 9.97 Å².